The first-order valence-corrected chi connectivity index (χ1v) is 7.91. The lowest BCUT2D eigenvalue weighted by Gasteiger charge is -2.25. The van der Waals surface area contributed by atoms with Gasteiger partial charge in [-0.05, 0) is 49.2 Å². The summed E-state index contributed by atoms with van der Waals surface area (Å²) in [6.45, 7) is 3.75. The molecule has 0 aromatic heterocycles. The van der Waals surface area contributed by atoms with Crippen LogP contribution in [0.3, 0.4) is 0 Å². The van der Waals surface area contributed by atoms with Crippen molar-refractivity contribution in [2.75, 3.05) is 32.3 Å². The van der Waals surface area contributed by atoms with Gasteiger partial charge in [-0.15, -0.1) is 0 Å². The fourth-order valence-corrected chi connectivity index (χ4v) is 3.05. The van der Waals surface area contributed by atoms with Crippen LogP contribution in [0, 0.1) is 0 Å². The third-order valence-electron chi connectivity index (χ3n) is 4.31. The van der Waals surface area contributed by atoms with Gasteiger partial charge in [-0.1, -0.05) is 6.07 Å². The van der Waals surface area contributed by atoms with E-state index >= 15 is 0 Å². The molecule has 2 aromatic rings. The molecule has 2 aromatic carbocycles. The molecule has 1 heterocycles. The summed E-state index contributed by atoms with van der Waals surface area (Å²) >= 11 is 0. The van der Waals surface area contributed by atoms with E-state index in [1.54, 1.807) is 14.2 Å². The number of nitrogens with zero attached hydrogens (tertiary/aromatic N) is 1. The van der Waals surface area contributed by atoms with E-state index in [0.29, 0.717) is 12.6 Å². The van der Waals surface area contributed by atoms with Gasteiger partial charge >= 0.3 is 0 Å². The number of fused-ring (bicyclic) bond motifs is 1. The highest BCUT2D eigenvalue weighted by Crippen LogP contribution is 2.34. The number of rotatable bonds is 6. The molecule has 4 nitrogen and oxygen atoms in total. The summed E-state index contributed by atoms with van der Waals surface area (Å²) < 4.78 is 16.4. The van der Waals surface area contributed by atoms with Gasteiger partial charge in [-0.25, -0.2) is 0 Å². The molecule has 3 rings (SSSR count). The van der Waals surface area contributed by atoms with Crippen LogP contribution in [0.4, 0.5) is 5.69 Å². The predicted octanol–water partition coefficient (Wildman–Crippen LogP) is 3.53. The van der Waals surface area contributed by atoms with Crippen molar-refractivity contribution in [1.82, 2.24) is 0 Å². The highest BCUT2D eigenvalue weighted by Gasteiger charge is 2.26. The second-order valence-corrected chi connectivity index (χ2v) is 5.77. The maximum atomic E-state index is 5.86. The van der Waals surface area contributed by atoms with E-state index in [9.17, 15) is 0 Å². The average Bonchev–Trinajstić information content (AvgIpc) is 2.90. The predicted molar refractivity (Wildman–Crippen MR) is 92.0 cm³/mol. The Hall–Kier alpha value is -2.36. The van der Waals surface area contributed by atoms with E-state index in [1.807, 2.05) is 30.3 Å². The maximum Gasteiger partial charge on any atom is 0.120 e. The third kappa shape index (κ3) is 3.36. The minimum absolute atomic E-state index is 0.483. The lowest BCUT2D eigenvalue weighted by Crippen LogP contribution is -2.33. The van der Waals surface area contributed by atoms with E-state index in [0.717, 1.165) is 30.2 Å². The molecule has 0 saturated heterocycles. The van der Waals surface area contributed by atoms with E-state index in [1.165, 1.54) is 11.3 Å². The topological polar surface area (TPSA) is 30.9 Å². The molecule has 0 amide bonds. The molecule has 1 aliphatic heterocycles. The molecule has 0 saturated carbocycles. The fraction of sp³-hybridized carbons (Fsp3) is 0.368. The minimum Gasteiger partial charge on any atom is -0.497 e. The zero-order valence-corrected chi connectivity index (χ0v) is 13.9. The molecule has 1 unspecified atom stereocenters. The minimum atomic E-state index is 0.483. The Labute approximate surface area is 137 Å². The lowest BCUT2D eigenvalue weighted by molar-refractivity contribution is 0.320. The van der Waals surface area contributed by atoms with E-state index < -0.39 is 0 Å². The summed E-state index contributed by atoms with van der Waals surface area (Å²) in [7, 11) is 3.37. The van der Waals surface area contributed by atoms with Gasteiger partial charge in [0.25, 0.3) is 0 Å². The third-order valence-corrected chi connectivity index (χ3v) is 4.31. The van der Waals surface area contributed by atoms with Crippen LogP contribution in [0.15, 0.2) is 42.5 Å². The Bertz CT molecular complexity index is 654. The van der Waals surface area contributed by atoms with Crippen LogP contribution >= 0.6 is 0 Å². The number of benzene rings is 2. The Morgan fingerprint density at radius 1 is 0.957 bits per heavy atom. The molecule has 1 aliphatic rings. The van der Waals surface area contributed by atoms with Gasteiger partial charge in [0.2, 0.25) is 0 Å². The van der Waals surface area contributed by atoms with Gasteiger partial charge in [-0.2, -0.15) is 0 Å². The fourth-order valence-electron chi connectivity index (χ4n) is 3.05. The largest absolute Gasteiger partial charge is 0.497 e. The summed E-state index contributed by atoms with van der Waals surface area (Å²) in [4.78, 5) is 2.39. The number of hydrogen-bond donors (Lipinski definition) is 0. The summed E-state index contributed by atoms with van der Waals surface area (Å²) in [5.74, 6) is 2.61. The van der Waals surface area contributed by atoms with E-state index in [-0.39, 0.29) is 0 Å². The zero-order valence-electron chi connectivity index (χ0n) is 13.9. The molecular weight excluding hydrogens is 290 g/mol. The summed E-state index contributed by atoms with van der Waals surface area (Å²) in [6.07, 6.45) is 1.07. The molecular formula is C19H23NO3. The Kier molecular flexibility index (Phi) is 4.60. The van der Waals surface area contributed by atoms with Crippen molar-refractivity contribution in [3.63, 3.8) is 0 Å². The Balaban J connectivity index is 1.62. The lowest BCUT2D eigenvalue weighted by atomic mass is 10.1. The van der Waals surface area contributed by atoms with Gasteiger partial charge < -0.3 is 19.1 Å². The van der Waals surface area contributed by atoms with Crippen molar-refractivity contribution in [1.29, 1.82) is 0 Å². The van der Waals surface area contributed by atoms with Gasteiger partial charge in [-0.3, -0.25) is 0 Å². The van der Waals surface area contributed by atoms with Crippen LogP contribution in [-0.2, 0) is 6.42 Å². The first-order chi connectivity index (χ1) is 11.2. The van der Waals surface area contributed by atoms with Crippen molar-refractivity contribution in [3.8, 4) is 17.2 Å². The number of methoxy groups -OCH3 is 2. The van der Waals surface area contributed by atoms with Crippen molar-refractivity contribution in [2.45, 2.75) is 19.4 Å². The Morgan fingerprint density at radius 3 is 2.30 bits per heavy atom. The molecule has 0 radical (unpaired) electrons. The second-order valence-electron chi connectivity index (χ2n) is 5.77. The molecule has 0 fully saturated rings. The van der Waals surface area contributed by atoms with E-state index in [2.05, 4.69) is 24.0 Å². The highest BCUT2D eigenvalue weighted by molar-refractivity contribution is 5.62. The molecule has 0 aliphatic carbocycles. The molecule has 4 heteroatoms. The molecule has 23 heavy (non-hydrogen) atoms. The molecule has 1 atom stereocenters. The standard InChI is InChI=1S/C19H23NO3/c1-14-12-15-4-5-18(22-3)13-19(15)20(14)10-11-23-17-8-6-16(21-2)7-9-17/h4-9,13-14H,10-12H2,1-3H3. The number of ether oxygens (including phenoxy) is 3. The average molecular weight is 313 g/mol. The van der Waals surface area contributed by atoms with Crippen molar-refractivity contribution in [3.05, 3.63) is 48.0 Å². The second kappa shape index (κ2) is 6.82. The summed E-state index contributed by atoms with van der Waals surface area (Å²) in [5.41, 5.74) is 2.64. The number of anilines is 1. The smallest absolute Gasteiger partial charge is 0.120 e. The SMILES string of the molecule is COc1ccc(OCCN2c3cc(OC)ccc3CC2C)cc1. The first-order valence-electron chi connectivity index (χ1n) is 7.91. The molecule has 0 N–H and O–H groups in total. The normalized spacial score (nSPS) is 16.1. The quantitative estimate of drug-likeness (QED) is 0.816. The van der Waals surface area contributed by atoms with Crippen LogP contribution in [-0.4, -0.2) is 33.4 Å². The van der Waals surface area contributed by atoms with Crippen LogP contribution in [0.1, 0.15) is 12.5 Å². The number of hydrogen-bond acceptors (Lipinski definition) is 4. The highest BCUT2D eigenvalue weighted by atomic mass is 16.5. The van der Waals surface area contributed by atoms with Gasteiger partial charge in [0.15, 0.2) is 0 Å². The van der Waals surface area contributed by atoms with Gasteiger partial charge in [0.05, 0.1) is 20.8 Å². The Morgan fingerprint density at radius 2 is 1.61 bits per heavy atom. The van der Waals surface area contributed by atoms with Crippen LogP contribution in [0.5, 0.6) is 17.2 Å². The monoisotopic (exact) mass is 313 g/mol. The molecule has 0 bridgehead atoms. The summed E-state index contributed by atoms with van der Waals surface area (Å²) in [6, 6.07) is 14.5. The maximum absolute atomic E-state index is 5.86. The van der Waals surface area contributed by atoms with Crippen LogP contribution < -0.4 is 19.1 Å². The summed E-state index contributed by atoms with van der Waals surface area (Å²) in [5, 5.41) is 0. The van der Waals surface area contributed by atoms with Crippen LogP contribution in [0.25, 0.3) is 0 Å². The first kappa shape index (κ1) is 15.5. The zero-order chi connectivity index (χ0) is 16.2. The van der Waals surface area contributed by atoms with Crippen molar-refractivity contribution < 1.29 is 14.2 Å². The molecule has 0 spiro atoms. The van der Waals surface area contributed by atoms with Crippen molar-refractivity contribution >= 4 is 5.69 Å². The van der Waals surface area contributed by atoms with Crippen LogP contribution in [0.2, 0.25) is 0 Å². The molecule has 122 valence electrons. The van der Waals surface area contributed by atoms with Gasteiger partial charge in [0.1, 0.15) is 23.9 Å². The van der Waals surface area contributed by atoms with Crippen molar-refractivity contribution in [2.24, 2.45) is 0 Å². The van der Waals surface area contributed by atoms with E-state index in [4.69, 9.17) is 14.2 Å². The van der Waals surface area contributed by atoms with Gasteiger partial charge in [0, 0.05) is 17.8 Å².